The monoisotopic (exact) mass is 266 g/mol. The van der Waals surface area contributed by atoms with E-state index in [1.807, 2.05) is 6.92 Å². The van der Waals surface area contributed by atoms with Gasteiger partial charge in [-0.15, -0.1) is 0 Å². The number of aromatic nitrogens is 5. The largest absolute Gasteiger partial charge is 0.464 e. The first kappa shape index (κ1) is 13.0. The van der Waals surface area contributed by atoms with Gasteiger partial charge in [-0.05, 0) is 6.92 Å². The molecular formula is C9H14N8O2. The van der Waals surface area contributed by atoms with Crippen molar-refractivity contribution in [3.63, 3.8) is 0 Å². The van der Waals surface area contributed by atoms with Crippen molar-refractivity contribution in [1.82, 2.24) is 25.1 Å². The summed E-state index contributed by atoms with van der Waals surface area (Å²) in [6.45, 7) is 2.82. The number of hydrogen-bond acceptors (Lipinski definition) is 10. The Morgan fingerprint density at radius 3 is 2.84 bits per heavy atom. The van der Waals surface area contributed by atoms with Gasteiger partial charge in [0.15, 0.2) is 6.33 Å². The first-order valence-corrected chi connectivity index (χ1v) is 5.66. The van der Waals surface area contributed by atoms with Gasteiger partial charge in [-0.1, -0.05) is 5.16 Å². The molecule has 2 aromatic rings. The Hall–Kier alpha value is -2.49. The second kappa shape index (κ2) is 6.44. The first-order valence-electron chi connectivity index (χ1n) is 5.66. The summed E-state index contributed by atoms with van der Waals surface area (Å²) >= 11 is 0. The van der Waals surface area contributed by atoms with Crippen LogP contribution in [0.4, 0.5) is 11.9 Å². The van der Waals surface area contributed by atoms with E-state index in [2.05, 4.69) is 35.8 Å². The molecule has 19 heavy (non-hydrogen) atoms. The minimum absolute atomic E-state index is 0.200. The summed E-state index contributed by atoms with van der Waals surface area (Å²) in [5.74, 6) is 6.38. The predicted octanol–water partition coefficient (Wildman–Crippen LogP) is -0.406. The predicted molar refractivity (Wildman–Crippen MR) is 65.3 cm³/mol. The average Bonchev–Trinajstić information content (AvgIpc) is 2.92. The zero-order valence-corrected chi connectivity index (χ0v) is 10.3. The SMILES string of the molecule is CCOc1nc(NN)nc(NCCc2ncno2)n1. The van der Waals surface area contributed by atoms with E-state index in [1.165, 1.54) is 6.33 Å². The van der Waals surface area contributed by atoms with Gasteiger partial charge in [0.2, 0.25) is 17.8 Å². The van der Waals surface area contributed by atoms with Gasteiger partial charge in [0.25, 0.3) is 0 Å². The van der Waals surface area contributed by atoms with Crippen LogP contribution < -0.4 is 21.3 Å². The fraction of sp³-hybridized carbons (Fsp3) is 0.444. The number of nitrogen functional groups attached to an aromatic ring is 1. The van der Waals surface area contributed by atoms with Crippen molar-refractivity contribution < 1.29 is 9.26 Å². The third kappa shape index (κ3) is 3.74. The molecule has 0 saturated heterocycles. The summed E-state index contributed by atoms with van der Waals surface area (Å²) in [6.07, 6.45) is 1.91. The number of nitrogens with two attached hydrogens (primary N) is 1. The van der Waals surface area contributed by atoms with E-state index in [1.54, 1.807) is 0 Å². The van der Waals surface area contributed by atoms with Crippen LogP contribution in [0, 0.1) is 0 Å². The summed E-state index contributed by atoms with van der Waals surface area (Å²) in [4.78, 5) is 15.9. The fourth-order valence-corrected chi connectivity index (χ4v) is 1.28. The fourth-order valence-electron chi connectivity index (χ4n) is 1.28. The van der Waals surface area contributed by atoms with Crippen molar-refractivity contribution in [1.29, 1.82) is 0 Å². The lowest BCUT2D eigenvalue weighted by molar-refractivity contribution is 0.312. The van der Waals surface area contributed by atoms with Crippen molar-refractivity contribution in [2.24, 2.45) is 5.84 Å². The molecule has 0 aromatic carbocycles. The molecule has 2 heterocycles. The zero-order valence-electron chi connectivity index (χ0n) is 10.3. The van der Waals surface area contributed by atoms with Crippen LogP contribution in [-0.4, -0.2) is 38.2 Å². The summed E-state index contributed by atoms with van der Waals surface area (Å²) in [7, 11) is 0. The van der Waals surface area contributed by atoms with Gasteiger partial charge < -0.3 is 14.6 Å². The molecule has 0 aliphatic carbocycles. The highest BCUT2D eigenvalue weighted by Crippen LogP contribution is 2.10. The maximum absolute atomic E-state index is 5.27. The van der Waals surface area contributed by atoms with Crippen molar-refractivity contribution in [3.05, 3.63) is 12.2 Å². The molecule has 4 N–H and O–H groups in total. The Morgan fingerprint density at radius 1 is 1.32 bits per heavy atom. The minimum atomic E-state index is 0.200. The Kier molecular flexibility index (Phi) is 4.39. The molecule has 0 aliphatic rings. The van der Waals surface area contributed by atoms with E-state index in [4.69, 9.17) is 15.1 Å². The zero-order chi connectivity index (χ0) is 13.5. The number of ether oxygens (including phenoxy) is 1. The summed E-state index contributed by atoms with van der Waals surface area (Å²) in [5.41, 5.74) is 2.35. The van der Waals surface area contributed by atoms with E-state index in [0.29, 0.717) is 31.4 Å². The standard InChI is InChI=1S/C9H14N8O2/c1-2-18-9-15-7(14-8(16-9)17-10)11-4-3-6-12-5-13-19-6/h5H,2-4,10H2,1H3,(H2,11,14,15,16,17). The van der Waals surface area contributed by atoms with Crippen molar-refractivity contribution in [3.8, 4) is 6.01 Å². The van der Waals surface area contributed by atoms with Gasteiger partial charge in [-0.3, -0.25) is 5.43 Å². The number of nitrogens with one attached hydrogen (secondary N) is 2. The topological polar surface area (TPSA) is 137 Å². The number of hydrogen-bond donors (Lipinski definition) is 3. The molecule has 0 bridgehead atoms. The Bertz CT molecular complexity index is 503. The van der Waals surface area contributed by atoms with Gasteiger partial charge >= 0.3 is 6.01 Å². The quantitative estimate of drug-likeness (QED) is 0.448. The second-order valence-corrected chi connectivity index (χ2v) is 3.35. The van der Waals surface area contributed by atoms with Gasteiger partial charge in [-0.2, -0.15) is 19.9 Å². The molecule has 0 atom stereocenters. The van der Waals surface area contributed by atoms with Crippen LogP contribution in [0.15, 0.2) is 10.9 Å². The molecule has 0 saturated carbocycles. The van der Waals surface area contributed by atoms with E-state index in [-0.39, 0.29) is 12.0 Å². The Morgan fingerprint density at radius 2 is 2.16 bits per heavy atom. The van der Waals surface area contributed by atoms with E-state index >= 15 is 0 Å². The van der Waals surface area contributed by atoms with Crippen LogP contribution in [0.1, 0.15) is 12.8 Å². The molecule has 10 heteroatoms. The lowest BCUT2D eigenvalue weighted by Crippen LogP contribution is -2.15. The number of nitrogens with zero attached hydrogens (tertiary/aromatic N) is 5. The lowest BCUT2D eigenvalue weighted by atomic mass is 10.4. The normalized spacial score (nSPS) is 10.2. The first-order chi connectivity index (χ1) is 9.31. The summed E-state index contributed by atoms with van der Waals surface area (Å²) in [5, 5.41) is 6.50. The summed E-state index contributed by atoms with van der Waals surface area (Å²) in [6, 6.07) is 0.200. The van der Waals surface area contributed by atoms with Crippen LogP contribution in [0.2, 0.25) is 0 Å². The highest BCUT2D eigenvalue weighted by atomic mass is 16.5. The molecule has 0 radical (unpaired) electrons. The van der Waals surface area contributed by atoms with Crippen molar-refractivity contribution in [2.75, 3.05) is 23.9 Å². The van der Waals surface area contributed by atoms with E-state index in [0.717, 1.165) is 0 Å². The Labute approximate surface area is 108 Å². The molecular weight excluding hydrogens is 252 g/mol. The third-order valence-corrected chi connectivity index (χ3v) is 2.05. The molecule has 0 spiro atoms. The van der Waals surface area contributed by atoms with E-state index < -0.39 is 0 Å². The third-order valence-electron chi connectivity index (χ3n) is 2.05. The Balaban J connectivity index is 1.96. The van der Waals surface area contributed by atoms with Crippen LogP contribution in [0.25, 0.3) is 0 Å². The number of rotatable bonds is 7. The molecule has 0 aliphatic heterocycles. The highest BCUT2D eigenvalue weighted by molar-refractivity contribution is 5.34. The maximum Gasteiger partial charge on any atom is 0.323 e. The second-order valence-electron chi connectivity index (χ2n) is 3.35. The minimum Gasteiger partial charge on any atom is -0.464 e. The molecule has 102 valence electrons. The lowest BCUT2D eigenvalue weighted by Gasteiger charge is -2.07. The van der Waals surface area contributed by atoms with Gasteiger partial charge in [-0.25, -0.2) is 5.84 Å². The molecule has 10 nitrogen and oxygen atoms in total. The van der Waals surface area contributed by atoms with Crippen LogP contribution in [-0.2, 0) is 6.42 Å². The summed E-state index contributed by atoms with van der Waals surface area (Å²) < 4.78 is 10.1. The van der Waals surface area contributed by atoms with E-state index in [9.17, 15) is 0 Å². The van der Waals surface area contributed by atoms with Crippen molar-refractivity contribution in [2.45, 2.75) is 13.3 Å². The molecule has 0 amide bonds. The van der Waals surface area contributed by atoms with Crippen molar-refractivity contribution >= 4 is 11.9 Å². The molecule has 2 aromatic heterocycles. The van der Waals surface area contributed by atoms with Crippen LogP contribution >= 0.6 is 0 Å². The van der Waals surface area contributed by atoms with Gasteiger partial charge in [0, 0.05) is 13.0 Å². The molecule has 0 unspecified atom stereocenters. The highest BCUT2D eigenvalue weighted by Gasteiger charge is 2.06. The van der Waals surface area contributed by atoms with Gasteiger partial charge in [0.05, 0.1) is 6.61 Å². The van der Waals surface area contributed by atoms with Crippen LogP contribution in [0.5, 0.6) is 6.01 Å². The average molecular weight is 266 g/mol. The van der Waals surface area contributed by atoms with Crippen LogP contribution in [0.3, 0.4) is 0 Å². The number of anilines is 2. The smallest absolute Gasteiger partial charge is 0.323 e. The van der Waals surface area contributed by atoms with Gasteiger partial charge in [0.1, 0.15) is 0 Å². The maximum atomic E-state index is 5.27. The molecule has 0 fully saturated rings. The number of hydrazine groups is 1. The molecule has 2 rings (SSSR count).